The third-order valence-electron chi connectivity index (χ3n) is 6.05. The van der Waals surface area contributed by atoms with E-state index in [1.807, 2.05) is 25.1 Å². The number of piperidine rings is 1. The summed E-state index contributed by atoms with van der Waals surface area (Å²) >= 11 is 12.5. The van der Waals surface area contributed by atoms with Gasteiger partial charge in [0.1, 0.15) is 11.0 Å². The minimum atomic E-state index is -0.220. The highest BCUT2D eigenvalue weighted by Gasteiger charge is 2.36. The number of likely N-dealkylation sites (tertiary alicyclic amines) is 1. The third kappa shape index (κ3) is 4.15. The van der Waals surface area contributed by atoms with Gasteiger partial charge in [0, 0.05) is 21.4 Å². The van der Waals surface area contributed by atoms with Crippen molar-refractivity contribution >= 4 is 34.1 Å². The van der Waals surface area contributed by atoms with Gasteiger partial charge in [0.15, 0.2) is 0 Å². The Morgan fingerprint density at radius 2 is 1.90 bits per heavy atom. The van der Waals surface area contributed by atoms with E-state index in [0.717, 1.165) is 48.0 Å². The lowest BCUT2D eigenvalue weighted by Crippen LogP contribution is -2.44. The van der Waals surface area contributed by atoms with Gasteiger partial charge in [-0.15, -0.1) is 0 Å². The number of aromatic nitrogens is 2. The molecule has 1 atom stereocenters. The van der Waals surface area contributed by atoms with Crippen LogP contribution in [-0.4, -0.2) is 41.8 Å². The zero-order valence-electron chi connectivity index (χ0n) is 16.5. The second kappa shape index (κ2) is 8.23. The first-order valence-corrected chi connectivity index (χ1v) is 10.5. The molecule has 0 bridgehead atoms. The second-order valence-corrected chi connectivity index (χ2v) is 8.79. The maximum atomic E-state index is 13.5. The summed E-state index contributed by atoms with van der Waals surface area (Å²) in [4.78, 5) is 2.32. The molecule has 4 nitrogen and oxygen atoms in total. The number of H-pyrrole nitrogens is 1. The zero-order valence-corrected chi connectivity index (χ0v) is 18.0. The molecule has 29 heavy (non-hydrogen) atoms. The Morgan fingerprint density at radius 3 is 2.59 bits per heavy atom. The third-order valence-corrected chi connectivity index (χ3v) is 6.56. The van der Waals surface area contributed by atoms with Crippen LogP contribution < -0.4 is 0 Å². The molecule has 1 aromatic heterocycles. The Balaban J connectivity index is 1.60. The summed E-state index contributed by atoms with van der Waals surface area (Å²) in [5, 5.41) is 8.99. The van der Waals surface area contributed by atoms with Crippen molar-refractivity contribution in [3.05, 3.63) is 63.5 Å². The largest absolute Gasteiger partial charge is 0.373 e. The molecule has 0 saturated carbocycles. The molecule has 1 N–H and O–H groups in total. The molecule has 3 aromatic rings. The number of hydrogen-bond acceptors (Lipinski definition) is 3. The Hall–Kier alpha value is -1.66. The van der Waals surface area contributed by atoms with E-state index in [-0.39, 0.29) is 17.3 Å². The van der Waals surface area contributed by atoms with E-state index in [1.54, 1.807) is 6.07 Å². The molecular weight excluding hydrogens is 412 g/mol. The topological polar surface area (TPSA) is 41.1 Å². The van der Waals surface area contributed by atoms with Crippen LogP contribution in [0, 0.1) is 5.82 Å². The lowest BCUT2D eigenvalue weighted by molar-refractivity contribution is 0.00696. The number of nitrogens with zero attached hydrogens (tertiary/aromatic N) is 2. The van der Waals surface area contributed by atoms with Crippen LogP contribution in [0.1, 0.15) is 37.0 Å². The first-order valence-electron chi connectivity index (χ1n) is 9.77. The summed E-state index contributed by atoms with van der Waals surface area (Å²) in [6.45, 7) is 4.50. The highest BCUT2D eigenvalue weighted by molar-refractivity contribution is 6.36. The number of aromatic amines is 1. The fourth-order valence-electron chi connectivity index (χ4n) is 4.13. The summed E-state index contributed by atoms with van der Waals surface area (Å²) in [6.07, 6.45) is 1.70. The maximum absolute atomic E-state index is 13.5. The first kappa shape index (κ1) is 20.6. The molecular formula is C22H24Cl2FN3O. The number of rotatable bonds is 5. The van der Waals surface area contributed by atoms with Crippen molar-refractivity contribution in [1.82, 2.24) is 15.1 Å². The average Bonchev–Trinajstić information content (AvgIpc) is 3.08. The Morgan fingerprint density at radius 1 is 1.21 bits per heavy atom. The van der Waals surface area contributed by atoms with E-state index >= 15 is 0 Å². The molecule has 7 heteroatoms. The highest BCUT2D eigenvalue weighted by atomic mass is 35.5. The molecule has 1 fully saturated rings. The van der Waals surface area contributed by atoms with Crippen molar-refractivity contribution in [2.24, 2.45) is 0 Å². The van der Waals surface area contributed by atoms with E-state index < -0.39 is 0 Å². The number of hydrogen-bond donors (Lipinski definition) is 1. The van der Waals surface area contributed by atoms with Crippen LogP contribution in [0.25, 0.3) is 10.9 Å². The Labute approximate surface area is 179 Å². The second-order valence-electron chi connectivity index (χ2n) is 7.97. The zero-order chi connectivity index (χ0) is 20.6. The van der Waals surface area contributed by atoms with Gasteiger partial charge in [0.2, 0.25) is 0 Å². The van der Waals surface area contributed by atoms with Crippen molar-refractivity contribution < 1.29 is 9.13 Å². The molecule has 1 aliphatic heterocycles. The highest BCUT2D eigenvalue weighted by Crippen LogP contribution is 2.38. The fourth-order valence-corrected chi connectivity index (χ4v) is 4.54. The van der Waals surface area contributed by atoms with Crippen molar-refractivity contribution in [2.45, 2.75) is 31.3 Å². The van der Waals surface area contributed by atoms with Crippen molar-refractivity contribution in [1.29, 1.82) is 0 Å². The maximum Gasteiger partial charge on any atom is 0.132 e. The summed E-state index contributed by atoms with van der Waals surface area (Å²) in [6, 6.07) is 10.5. The molecule has 1 aliphatic rings. The predicted octanol–water partition coefficient (Wildman–Crippen LogP) is 5.75. The fraction of sp³-hybridized carbons (Fsp3) is 0.409. The normalized spacial score (nSPS) is 18.2. The molecule has 2 aromatic carbocycles. The molecule has 0 amide bonds. The van der Waals surface area contributed by atoms with Crippen LogP contribution in [0.4, 0.5) is 4.39 Å². The van der Waals surface area contributed by atoms with Gasteiger partial charge < -0.3 is 9.64 Å². The Bertz CT molecular complexity index is 997. The van der Waals surface area contributed by atoms with Crippen LogP contribution in [-0.2, 0) is 10.2 Å². The number of halogens is 3. The van der Waals surface area contributed by atoms with E-state index in [0.29, 0.717) is 16.8 Å². The Kier molecular flexibility index (Phi) is 5.85. The lowest BCUT2D eigenvalue weighted by atomic mass is 9.73. The van der Waals surface area contributed by atoms with Crippen molar-refractivity contribution in [2.75, 3.05) is 26.7 Å². The number of benzene rings is 2. The summed E-state index contributed by atoms with van der Waals surface area (Å²) in [7, 11) is 2.13. The minimum absolute atomic E-state index is 0.143. The van der Waals surface area contributed by atoms with Crippen molar-refractivity contribution in [3.8, 4) is 0 Å². The summed E-state index contributed by atoms with van der Waals surface area (Å²) in [5.74, 6) is -0.220. The van der Waals surface area contributed by atoms with E-state index in [1.165, 1.54) is 12.1 Å². The molecule has 0 unspecified atom stereocenters. The average molecular weight is 436 g/mol. The number of ether oxygens (including phenoxy) is 1. The minimum Gasteiger partial charge on any atom is -0.373 e. The van der Waals surface area contributed by atoms with Gasteiger partial charge in [-0.1, -0.05) is 35.3 Å². The first-order chi connectivity index (χ1) is 13.9. The predicted molar refractivity (Wildman–Crippen MR) is 115 cm³/mol. The van der Waals surface area contributed by atoms with Gasteiger partial charge in [-0.05, 0) is 69.7 Å². The van der Waals surface area contributed by atoms with E-state index in [4.69, 9.17) is 27.9 Å². The van der Waals surface area contributed by atoms with E-state index in [9.17, 15) is 4.39 Å². The van der Waals surface area contributed by atoms with E-state index in [2.05, 4.69) is 22.1 Å². The number of fused-ring (bicyclic) bond motifs is 1. The van der Waals surface area contributed by atoms with Gasteiger partial charge in [0.25, 0.3) is 0 Å². The van der Waals surface area contributed by atoms with Crippen LogP contribution in [0.15, 0.2) is 36.4 Å². The molecule has 1 saturated heterocycles. The van der Waals surface area contributed by atoms with Crippen LogP contribution in [0.5, 0.6) is 0 Å². The van der Waals surface area contributed by atoms with Gasteiger partial charge in [-0.2, -0.15) is 5.10 Å². The van der Waals surface area contributed by atoms with Crippen LogP contribution >= 0.6 is 23.2 Å². The summed E-state index contributed by atoms with van der Waals surface area (Å²) in [5.41, 5.74) is 2.65. The monoisotopic (exact) mass is 435 g/mol. The van der Waals surface area contributed by atoms with Gasteiger partial charge in [-0.3, -0.25) is 5.10 Å². The quantitative estimate of drug-likeness (QED) is 0.554. The molecule has 0 spiro atoms. The van der Waals surface area contributed by atoms with Gasteiger partial charge in [0.05, 0.1) is 18.2 Å². The lowest BCUT2D eigenvalue weighted by Gasteiger charge is -2.41. The SMILES string of the molecule is C[C@@H](OCC1(c2ccc(F)cc2)CCN(C)CC1)c1cc(Cl)cc2c(Cl)[nH]nc12. The smallest absolute Gasteiger partial charge is 0.132 e. The molecule has 154 valence electrons. The van der Waals surface area contributed by atoms with Gasteiger partial charge in [-0.25, -0.2) is 4.39 Å². The molecule has 2 heterocycles. The van der Waals surface area contributed by atoms with Crippen molar-refractivity contribution in [3.63, 3.8) is 0 Å². The van der Waals surface area contributed by atoms with Crippen LogP contribution in [0.2, 0.25) is 10.2 Å². The molecule has 4 rings (SSSR count). The standard InChI is InChI=1S/C22H24Cl2FN3O/c1-14(18-11-16(23)12-19-20(18)26-27-21(19)24)29-13-22(7-9-28(2)10-8-22)15-3-5-17(25)6-4-15/h3-6,11-12,14H,7-10,13H2,1-2H3,(H,26,27)/t14-/m1/s1. The summed E-state index contributed by atoms with van der Waals surface area (Å²) < 4.78 is 19.9. The number of nitrogens with one attached hydrogen (secondary N) is 1. The molecule has 0 radical (unpaired) electrons. The van der Waals surface area contributed by atoms with Gasteiger partial charge >= 0.3 is 0 Å². The molecule has 0 aliphatic carbocycles. The van der Waals surface area contributed by atoms with Crippen LogP contribution in [0.3, 0.4) is 0 Å².